The standard InChI is InChI=1S/C95H66N2/c1-93(2)81-23-11-5-17-69(81)73-49-45-67(57-85(73)93)96-89-27-15-9-21-77(89)79-55-65(43-51-91(79)96)63-39-33-59(34-40-63)29-31-61-37-47-75-76-48-38-62(54-88(76)95(87(75)53-61)83-25-13-7-19-71(83)72-20-8-14-26-84(72)95)32-30-60-35-41-64(42-36-60)66-44-52-92-80(56-66)78-22-10-16-28-90(78)97(92)68-46-50-74-70-18-6-12-24-82(70)94(3,4)86(74)58-68/h5-58H,1-4H3/b31-29+,32-30+. The van der Waals surface area contributed by atoms with E-state index in [0.717, 1.165) is 11.1 Å². The summed E-state index contributed by atoms with van der Waals surface area (Å²) in [6, 6.07) is 114. The first-order valence-electron chi connectivity index (χ1n) is 34.2. The van der Waals surface area contributed by atoms with Crippen LogP contribution in [0.2, 0.25) is 0 Å². The third-order valence-electron chi connectivity index (χ3n) is 22.6. The Morgan fingerprint density at radius 2 is 0.526 bits per heavy atom. The number of hydrogen-bond acceptors (Lipinski definition) is 0. The lowest BCUT2D eigenvalue weighted by atomic mass is 9.70. The zero-order chi connectivity index (χ0) is 64.5. The monoisotopic (exact) mass is 1230 g/mol. The quantitative estimate of drug-likeness (QED) is 0.134. The van der Waals surface area contributed by atoms with Crippen LogP contribution in [0, 0.1) is 0 Å². The molecule has 4 aliphatic rings. The van der Waals surface area contributed by atoms with E-state index in [9.17, 15) is 0 Å². The minimum absolute atomic E-state index is 0.0762. The van der Waals surface area contributed by atoms with Crippen molar-refractivity contribution >= 4 is 67.9 Å². The summed E-state index contributed by atoms with van der Waals surface area (Å²) in [5.74, 6) is 0. The van der Waals surface area contributed by atoms with Gasteiger partial charge in [0.05, 0.1) is 27.5 Å². The van der Waals surface area contributed by atoms with E-state index in [2.05, 4.69) is 364 Å². The highest BCUT2D eigenvalue weighted by atomic mass is 15.0. The van der Waals surface area contributed by atoms with Gasteiger partial charge in [-0.2, -0.15) is 0 Å². The second-order valence-electron chi connectivity index (χ2n) is 28.3. The van der Waals surface area contributed by atoms with Crippen LogP contribution >= 0.6 is 0 Å². The second kappa shape index (κ2) is 20.6. The molecule has 2 aromatic heterocycles. The Hall–Kier alpha value is -11.8. The summed E-state index contributed by atoms with van der Waals surface area (Å²) in [5, 5.41) is 5.03. The Kier molecular flexibility index (Phi) is 11.8. The topological polar surface area (TPSA) is 9.86 Å². The molecule has 0 saturated heterocycles. The molecule has 0 radical (unpaired) electrons. The number of hydrogen-bond donors (Lipinski definition) is 0. The van der Waals surface area contributed by atoms with E-state index >= 15 is 0 Å². The Balaban J connectivity index is 0.592. The average molecular weight is 1240 g/mol. The molecule has 456 valence electrons. The minimum atomic E-state index is -0.481. The van der Waals surface area contributed by atoms with Crippen LogP contribution in [-0.2, 0) is 16.2 Å². The van der Waals surface area contributed by atoms with E-state index in [1.807, 2.05) is 0 Å². The molecule has 0 atom stereocenters. The average Bonchev–Trinajstić information content (AvgIpc) is 1.51. The van der Waals surface area contributed by atoms with Gasteiger partial charge in [-0.1, -0.05) is 283 Å². The zero-order valence-electron chi connectivity index (χ0n) is 54.6. The molecule has 0 saturated carbocycles. The van der Waals surface area contributed by atoms with Crippen molar-refractivity contribution in [1.29, 1.82) is 0 Å². The van der Waals surface area contributed by atoms with Crippen LogP contribution in [0.5, 0.6) is 0 Å². The maximum absolute atomic E-state index is 2.47. The molecule has 2 heteroatoms. The minimum Gasteiger partial charge on any atom is -0.309 e. The maximum atomic E-state index is 2.47. The first-order chi connectivity index (χ1) is 47.6. The molecule has 0 fully saturated rings. The van der Waals surface area contributed by atoms with Crippen LogP contribution in [0.15, 0.2) is 303 Å². The van der Waals surface area contributed by atoms with Crippen LogP contribution in [-0.4, -0.2) is 9.13 Å². The second-order valence-corrected chi connectivity index (χ2v) is 28.3. The summed E-state index contributed by atoms with van der Waals surface area (Å²) in [6.07, 6.45) is 9.13. The van der Waals surface area contributed by atoms with Crippen molar-refractivity contribution in [2.75, 3.05) is 0 Å². The maximum Gasteiger partial charge on any atom is 0.0725 e. The van der Waals surface area contributed by atoms with Crippen molar-refractivity contribution in [1.82, 2.24) is 9.13 Å². The van der Waals surface area contributed by atoms with Crippen molar-refractivity contribution in [2.45, 2.75) is 43.9 Å². The molecule has 0 bridgehead atoms. The lowest BCUT2D eigenvalue weighted by molar-refractivity contribution is 0.660. The first kappa shape index (κ1) is 55.6. The van der Waals surface area contributed by atoms with Crippen molar-refractivity contribution in [3.8, 4) is 78.1 Å². The summed E-state index contributed by atoms with van der Waals surface area (Å²) in [5.41, 5.74) is 37.6. The first-order valence-corrected chi connectivity index (χ1v) is 34.2. The number of aromatic nitrogens is 2. The van der Waals surface area contributed by atoms with Gasteiger partial charge < -0.3 is 9.13 Å². The molecule has 20 rings (SSSR count). The van der Waals surface area contributed by atoms with E-state index < -0.39 is 5.41 Å². The highest BCUT2D eigenvalue weighted by Gasteiger charge is 2.52. The lowest BCUT2D eigenvalue weighted by Crippen LogP contribution is -2.26. The van der Waals surface area contributed by atoms with Crippen LogP contribution in [0.3, 0.4) is 0 Å². The number of nitrogens with zero attached hydrogens (tertiary/aromatic N) is 2. The largest absolute Gasteiger partial charge is 0.309 e. The van der Waals surface area contributed by atoms with Crippen molar-refractivity contribution in [2.24, 2.45) is 0 Å². The molecule has 0 amide bonds. The van der Waals surface area contributed by atoms with Gasteiger partial charge >= 0.3 is 0 Å². The van der Waals surface area contributed by atoms with Crippen LogP contribution in [0.25, 0.3) is 146 Å². The van der Waals surface area contributed by atoms with Crippen molar-refractivity contribution in [3.63, 3.8) is 0 Å². The highest BCUT2D eigenvalue weighted by Crippen LogP contribution is 2.63. The summed E-state index contributed by atoms with van der Waals surface area (Å²) in [4.78, 5) is 0. The van der Waals surface area contributed by atoms with Gasteiger partial charge in [-0.3, -0.25) is 0 Å². The Bertz CT molecular complexity index is 5730. The fraction of sp³-hybridized carbons (Fsp3) is 0.0737. The predicted octanol–water partition coefficient (Wildman–Crippen LogP) is 24.5. The smallest absolute Gasteiger partial charge is 0.0725 e. The van der Waals surface area contributed by atoms with Gasteiger partial charge in [-0.25, -0.2) is 0 Å². The van der Waals surface area contributed by atoms with E-state index in [-0.39, 0.29) is 10.8 Å². The summed E-state index contributed by atoms with van der Waals surface area (Å²) in [7, 11) is 0. The SMILES string of the molecule is CC1(C)c2ccccc2-c2ccc(-n3c4ccccc4c4cc(-c5ccc(/C=C/c6ccc7c(c6)C6(c8ccccc8-c8ccccc86)c6cc(/C=C/c8ccc(-c9ccc%10c(c9)c9ccccc9n%10-c9ccc%10c(c9)C(C)(C)c9ccccc9-%10)cc8)ccc6-7)cc5)ccc43)cc21. The molecule has 16 aromatic rings. The van der Waals surface area contributed by atoms with Crippen LogP contribution in [0.1, 0.15) is 94.5 Å². The van der Waals surface area contributed by atoms with Gasteiger partial charge in [-0.05, 0) is 206 Å². The van der Waals surface area contributed by atoms with Crippen molar-refractivity contribution in [3.05, 3.63) is 370 Å². The summed E-state index contributed by atoms with van der Waals surface area (Å²) in [6.45, 7) is 9.45. The molecule has 0 aliphatic heterocycles. The molecular formula is C95H66N2. The number of rotatable bonds is 8. The number of fused-ring (bicyclic) bond motifs is 22. The molecule has 0 unspecified atom stereocenters. The summed E-state index contributed by atoms with van der Waals surface area (Å²) >= 11 is 0. The Morgan fingerprint density at radius 1 is 0.216 bits per heavy atom. The fourth-order valence-corrected chi connectivity index (χ4v) is 17.9. The molecule has 97 heavy (non-hydrogen) atoms. The molecule has 0 N–H and O–H groups in total. The lowest BCUT2D eigenvalue weighted by Gasteiger charge is -2.30. The number of benzene rings is 14. The molecular weight excluding hydrogens is 1170 g/mol. The highest BCUT2D eigenvalue weighted by molar-refractivity contribution is 6.12. The van der Waals surface area contributed by atoms with Crippen molar-refractivity contribution < 1.29 is 0 Å². The zero-order valence-corrected chi connectivity index (χ0v) is 54.6. The Labute approximate surface area is 565 Å². The molecule has 1 spiro atoms. The normalized spacial score (nSPS) is 14.6. The van der Waals surface area contributed by atoms with E-state index in [0.29, 0.717) is 0 Å². The van der Waals surface area contributed by atoms with Gasteiger partial charge in [0.1, 0.15) is 0 Å². The van der Waals surface area contributed by atoms with E-state index in [4.69, 9.17) is 0 Å². The van der Waals surface area contributed by atoms with Crippen LogP contribution in [0.4, 0.5) is 0 Å². The summed E-state index contributed by atoms with van der Waals surface area (Å²) < 4.78 is 4.91. The number of para-hydroxylation sites is 2. The van der Waals surface area contributed by atoms with E-state index in [1.54, 1.807) is 0 Å². The van der Waals surface area contributed by atoms with Gasteiger partial charge in [0.2, 0.25) is 0 Å². The van der Waals surface area contributed by atoms with Gasteiger partial charge in [0.15, 0.2) is 0 Å². The van der Waals surface area contributed by atoms with Gasteiger partial charge in [-0.15, -0.1) is 0 Å². The Morgan fingerprint density at radius 3 is 0.959 bits per heavy atom. The van der Waals surface area contributed by atoms with E-state index in [1.165, 1.54) is 177 Å². The van der Waals surface area contributed by atoms with Crippen LogP contribution < -0.4 is 0 Å². The molecule has 4 aliphatic carbocycles. The molecule has 2 nitrogen and oxygen atoms in total. The van der Waals surface area contributed by atoms with Gasteiger partial charge in [0, 0.05) is 43.7 Å². The molecule has 2 heterocycles. The molecule has 14 aromatic carbocycles. The fourth-order valence-electron chi connectivity index (χ4n) is 17.9. The third kappa shape index (κ3) is 8.02. The predicted molar refractivity (Wildman–Crippen MR) is 408 cm³/mol. The third-order valence-corrected chi connectivity index (χ3v) is 22.6. The van der Waals surface area contributed by atoms with Gasteiger partial charge in [0.25, 0.3) is 0 Å².